The van der Waals surface area contributed by atoms with Gasteiger partial charge in [0, 0.05) is 18.7 Å². The van der Waals surface area contributed by atoms with Gasteiger partial charge < -0.3 is 19.5 Å². The summed E-state index contributed by atoms with van der Waals surface area (Å²) in [5.74, 6) is 0.187. The monoisotopic (exact) mass is 536 g/mol. The van der Waals surface area contributed by atoms with Crippen molar-refractivity contribution in [3.05, 3.63) is 59.4 Å². The number of fused-ring (bicyclic) bond motifs is 1. The van der Waals surface area contributed by atoms with Gasteiger partial charge in [-0.05, 0) is 60.8 Å². The van der Waals surface area contributed by atoms with Gasteiger partial charge in [0.2, 0.25) is 0 Å². The van der Waals surface area contributed by atoms with E-state index in [1.165, 1.54) is 12.1 Å². The topological polar surface area (TPSA) is 107 Å². The third kappa shape index (κ3) is 8.00. The molecule has 13 heteroatoms. The fourth-order valence-electron chi connectivity index (χ4n) is 3.52. The van der Waals surface area contributed by atoms with Crippen LogP contribution in [0, 0.1) is 0 Å². The van der Waals surface area contributed by atoms with Crippen molar-refractivity contribution < 1.29 is 27.4 Å². The predicted molar refractivity (Wildman–Crippen MR) is 130 cm³/mol. The van der Waals surface area contributed by atoms with Crippen LogP contribution in [0.25, 0.3) is 22.2 Å². The molecule has 0 unspecified atom stereocenters. The Morgan fingerprint density at radius 3 is 2.59 bits per heavy atom. The van der Waals surface area contributed by atoms with Gasteiger partial charge in [0.15, 0.2) is 5.52 Å². The predicted octanol–water partition coefficient (Wildman–Crippen LogP) is 4.93. The van der Waals surface area contributed by atoms with Crippen molar-refractivity contribution in [2.45, 2.75) is 25.7 Å². The van der Waals surface area contributed by atoms with Crippen molar-refractivity contribution in [1.29, 1.82) is 0 Å². The Bertz CT molecular complexity index is 1290. The van der Waals surface area contributed by atoms with E-state index in [1.54, 1.807) is 18.5 Å². The van der Waals surface area contributed by atoms with Gasteiger partial charge in [-0.1, -0.05) is 17.7 Å². The molecular weight excluding hydrogens is 513 g/mol. The Kier molecular flexibility index (Phi) is 9.09. The summed E-state index contributed by atoms with van der Waals surface area (Å²) < 4.78 is 52.4. The molecule has 2 aromatic heterocycles. The van der Waals surface area contributed by atoms with Crippen LogP contribution in [0.15, 0.2) is 48.8 Å². The zero-order valence-corrected chi connectivity index (χ0v) is 20.3. The highest BCUT2D eigenvalue weighted by Gasteiger charge is 2.32. The Labute approximate surface area is 215 Å². The number of aromatic amines is 1. The molecule has 0 bridgehead atoms. The molecule has 2 heterocycles. The summed E-state index contributed by atoms with van der Waals surface area (Å²) in [6.45, 7) is 2.54. The summed E-state index contributed by atoms with van der Waals surface area (Å²) in [4.78, 5) is 0. The van der Waals surface area contributed by atoms with Crippen molar-refractivity contribution >= 4 is 22.6 Å². The van der Waals surface area contributed by atoms with Crippen molar-refractivity contribution in [3.8, 4) is 22.6 Å². The zero-order valence-electron chi connectivity index (χ0n) is 19.6. The molecule has 0 saturated carbocycles. The molecule has 0 aliphatic rings. The van der Waals surface area contributed by atoms with Crippen LogP contribution in [0.2, 0.25) is 5.02 Å². The number of benzene rings is 2. The van der Waals surface area contributed by atoms with Crippen molar-refractivity contribution in [3.63, 3.8) is 0 Å². The third-order valence-electron chi connectivity index (χ3n) is 5.23. The normalized spacial score (nSPS) is 11.7. The van der Waals surface area contributed by atoms with E-state index in [0.29, 0.717) is 43.1 Å². The number of nitrogens with zero attached hydrogens (tertiary/aromatic N) is 4. The minimum Gasteiger partial charge on any atom is -0.489 e. The number of rotatable bonds is 13. The number of unbranched alkanes of at least 4 members (excludes halogenated alkanes) is 1. The van der Waals surface area contributed by atoms with E-state index in [4.69, 9.17) is 21.1 Å². The van der Waals surface area contributed by atoms with Crippen LogP contribution in [0.5, 0.6) is 11.5 Å². The van der Waals surface area contributed by atoms with Crippen LogP contribution < -0.4 is 14.8 Å². The maximum absolute atomic E-state index is 12.3. The lowest BCUT2D eigenvalue weighted by molar-refractivity contribution is -0.274. The van der Waals surface area contributed by atoms with E-state index >= 15 is 0 Å². The Balaban J connectivity index is 1.12. The summed E-state index contributed by atoms with van der Waals surface area (Å²) in [7, 11) is 0. The second-order valence-electron chi connectivity index (χ2n) is 7.95. The lowest BCUT2D eigenvalue weighted by atomic mass is 10.1. The number of nitrogens with one attached hydrogen (secondary N) is 2. The molecule has 2 N–H and O–H groups in total. The molecule has 4 aromatic rings. The smallest absolute Gasteiger partial charge is 0.489 e. The molecule has 4 rings (SSSR count). The maximum Gasteiger partial charge on any atom is 0.573 e. The van der Waals surface area contributed by atoms with E-state index in [0.717, 1.165) is 36.1 Å². The standard InChI is InChI=1S/C24H24ClF3N6O3/c25-19-11-16(3-4-21(19)37-24(26,27)28)14-29-6-1-2-8-35-9-10-36-22-13-18(17-5-7-30-31-15-17)12-20-23(22)33-34-32-20/h3-5,7,11-13,15,29H,1-2,6,8-10,14H2,(H,32,33,34). The lowest BCUT2D eigenvalue weighted by Gasteiger charge is -2.12. The third-order valence-corrected chi connectivity index (χ3v) is 5.53. The van der Waals surface area contributed by atoms with Crippen molar-refractivity contribution in [2.24, 2.45) is 0 Å². The second kappa shape index (κ2) is 12.7. The zero-order chi connectivity index (χ0) is 26.1. The van der Waals surface area contributed by atoms with Gasteiger partial charge in [-0.3, -0.25) is 0 Å². The molecule has 0 aliphatic heterocycles. The molecule has 0 amide bonds. The van der Waals surface area contributed by atoms with E-state index in [1.807, 2.05) is 18.2 Å². The summed E-state index contributed by atoms with van der Waals surface area (Å²) in [6.07, 6.45) is 0.220. The highest BCUT2D eigenvalue weighted by atomic mass is 35.5. The number of H-pyrrole nitrogens is 1. The van der Waals surface area contributed by atoms with Gasteiger partial charge in [-0.15, -0.1) is 13.2 Å². The summed E-state index contributed by atoms with van der Waals surface area (Å²) in [5.41, 5.74) is 3.88. The molecule has 0 aliphatic carbocycles. The van der Waals surface area contributed by atoms with Crippen LogP contribution in [0.1, 0.15) is 18.4 Å². The van der Waals surface area contributed by atoms with Gasteiger partial charge in [0.25, 0.3) is 0 Å². The average Bonchev–Trinajstić information content (AvgIpc) is 3.35. The van der Waals surface area contributed by atoms with Gasteiger partial charge in [0.1, 0.15) is 23.6 Å². The highest BCUT2D eigenvalue weighted by molar-refractivity contribution is 6.32. The second-order valence-corrected chi connectivity index (χ2v) is 8.36. The van der Waals surface area contributed by atoms with Gasteiger partial charge >= 0.3 is 6.36 Å². The van der Waals surface area contributed by atoms with Gasteiger partial charge in [-0.25, -0.2) is 0 Å². The number of ether oxygens (including phenoxy) is 3. The molecule has 0 spiro atoms. The first-order valence-corrected chi connectivity index (χ1v) is 11.8. The van der Waals surface area contributed by atoms with Gasteiger partial charge in [-0.2, -0.15) is 25.6 Å². The fourth-order valence-corrected chi connectivity index (χ4v) is 3.76. The number of alkyl halides is 3. The first-order chi connectivity index (χ1) is 17.9. The Hall–Kier alpha value is -3.48. The SMILES string of the molecule is FC(F)(F)Oc1ccc(CNCCCCOCCOc2cc(-c3ccnnc3)cc3n[nH]nc23)cc1Cl. The maximum atomic E-state index is 12.3. The molecule has 0 saturated heterocycles. The van der Waals surface area contributed by atoms with E-state index in [-0.39, 0.29) is 5.02 Å². The minimum absolute atomic E-state index is 0.0855. The van der Waals surface area contributed by atoms with E-state index < -0.39 is 12.1 Å². The molecule has 0 fully saturated rings. The molecule has 37 heavy (non-hydrogen) atoms. The fraction of sp³-hybridized carbons (Fsp3) is 0.333. The van der Waals surface area contributed by atoms with Crippen LogP contribution in [0.3, 0.4) is 0 Å². The van der Waals surface area contributed by atoms with E-state index in [9.17, 15) is 13.2 Å². The van der Waals surface area contributed by atoms with Gasteiger partial charge in [0.05, 0.1) is 24.0 Å². The van der Waals surface area contributed by atoms with E-state index in [2.05, 4.69) is 35.7 Å². The number of hydrogen-bond acceptors (Lipinski definition) is 8. The molecule has 9 nitrogen and oxygen atoms in total. The Morgan fingerprint density at radius 2 is 1.81 bits per heavy atom. The molecule has 2 aromatic carbocycles. The number of hydrogen-bond donors (Lipinski definition) is 2. The minimum atomic E-state index is -4.77. The summed E-state index contributed by atoms with van der Waals surface area (Å²) in [6, 6.07) is 9.85. The van der Waals surface area contributed by atoms with Crippen molar-refractivity contribution in [1.82, 2.24) is 30.9 Å². The summed E-state index contributed by atoms with van der Waals surface area (Å²) in [5, 5.41) is 21.8. The number of halogens is 4. The number of aromatic nitrogens is 5. The van der Waals surface area contributed by atoms with Crippen molar-refractivity contribution in [2.75, 3.05) is 26.4 Å². The quantitative estimate of drug-likeness (QED) is 0.232. The largest absolute Gasteiger partial charge is 0.573 e. The lowest BCUT2D eigenvalue weighted by Crippen LogP contribution is -2.18. The molecule has 196 valence electrons. The van der Waals surface area contributed by atoms with Crippen LogP contribution in [0.4, 0.5) is 13.2 Å². The first kappa shape index (κ1) is 26.6. The highest BCUT2D eigenvalue weighted by Crippen LogP contribution is 2.31. The summed E-state index contributed by atoms with van der Waals surface area (Å²) >= 11 is 5.86. The van der Waals surface area contributed by atoms with Crippen LogP contribution in [-0.4, -0.2) is 58.3 Å². The van der Waals surface area contributed by atoms with Crippen LogP contribution in [-0.2, 0) is 11.3 Å². The first-order valence-electron chi connectivity index (χ1n) is 11.5. The molecule has 0 atom stereocenters. The van der Waals surface area contributed by atoms with Crippen LogP contribution >= 0.6 is 11.6 Å². The molecular formula is C24H24ClF3N6O3. The molecule has 0 radical (unpaired) electrons. The Morgan fingerprint density at radius 1 is 0.919 bits per heavy atom. The average molecular weight is 537 g/mol.